The van der Waals surface area contributed by atoms with Crippen LogP contribution in [0.3, 0.4) is 0 Å². The molecule has 11 heteroatoms. The second-order valence-corrected chi connectivity index (χ2v) is 16.0. The number of carbonyl (C=O) groups excluding carboxylic acids is 1. The molecule has 7 rings (SSSR count). The smallest absolute Gasteiger partial charge is 0.304 e. The van der Waals surface area contributed by atoms with E-state index in [0.29, 0.717) is 38.5 Å². The van der Waals surface area contributed by atoms with Gasteiger partial charge in [0.1, 0.15) is 5.75 Å². The lowest BCUT2D eigenvalue weighted by molar-refractivity contribution is 0.0455. The minimum atomic E-state index is -4.21. The summed E-state index contributed by atoms with van der Waals surface area (Å²) in [6, 6.07) is 10.9. The predicted molar refractivity (Wildman–Crippen MR) is 178 cm³/mol. The number of hydrogen-bond donors (Lipinski definition) is 2. The molecule has 3 aliphatic heterocycles. The number of aliphatic hydroxyl groups excluding tert-OH is 1. The average molecular weight is 670 g/mol. The van der Waals surface area contributed by atoms with Gasteiger partial charge in [0.25, 0.3) is 5.91 Å². The molecule has 0 radical (unpaired) electrons. The zero-order valence-corrected chi connectivity index (χ0v) is 27.9. The Morgan fingerprint density at radius 2 is 2.00 bits per heavy atom. The first-order valence-corrected chi connectivity index (χ1v) is 18.5. The fourth-order valence-corrected chi connectivity index (χ4v) is 9.81. The first kappa shape index (κ1) is 31.9. The zero-order chi connectivity index (χ0) is 32.1. The molecule has 3 heterocycles. The van der Waals surface area contributed by atoms with Gasteiger partial charge >= 0.3 is 10.2 Å². The van der Waals surface area contributed by atoms with Crippen molar-refractivity contribution >= 4 is 33.4 Å². The Kier molecular flexibility index (Phi) is 8.86. The Morgan fingerprint density at radius 3 is 2.78 bits per heavy atom. The molecular weight excluding hydrogens is 626 g/mol. The lowest BCUT2D eigenvalue weighted by atomic mass is 9.68. The van der Waals surface area contributed by atoms with Gasteiger partial charge in [0.05, 0.1) is 24.5 Å². The summed E-state index contributed by atoms with van der Waals surface area (Å²) in [5.41, 5.74) is 3.25. The van der Waals surface area contributed by atoms with Crippen molar-refractivity contribution in [3.63, 3.8) is 0 Å². The molecule has 2 aromatic rings. The van der Waals surface area contributed by atoms with E-state index < -0.39 is 28.3 Å². The molecule has 5 aliphatic rings. The Morgan fingerprint density at radius 1 is 1.13 bits per heavy atom. The van der Waals surface area contributed by atoms with Crippen LogP contribution < -0.4 is 14.4 Å². The van der Waals surface area contributed by atoms with Crippen LogP contribution in [0.1, 0.15) is 73.4 Å². The van der Waals surface area contributed by atoms with Crippen molar-refractivity contribution in [2.45, 2.75) is 82.0 Å². The fraction of sp³-hybridized carbons (Fsp3) is 0.571. The highest BCUT2D eigenvalue weighted by Gasteiger charge is 2.44. The number of anilines is 1. The van der Waals surface area contributed by atoms with E-state index in [-0.39, 0.29) is 35.5 Å². The van der Waals surface area contributed by atoms with E-state index in [2.05, 4.69) is 21.8 Å². The zero-order valence-electron chi connectivity index (χ0n) is 26.4. The average Bonchev–Trinajstić information content (AvgIpc) is 3.47. The third kappa shape index (κ3) is 6.19. The summed E-state index contributed by atoms with van der Waals surface area (Å²) in [7, 11) is -4.21. The summed E-state index contributed by atoms with van der Waals surface area (Å²) in [5, 5.41) is 12.0. The molecule has 1 saturated carbocycles. The first-order chi connectivity index (χ1) is 22.1. The lowest BCUT2D eigenvalue weighted by Gasteiger charge is -2.45. The number of hydrogen-bond acceptors (Lipinski definition) is 7. The van der Waals surface area contributed by atoms with E-state index in [9.17, 15) is 18.3 Å². The highest BCUT2D eigenvalue weighted by molar-refractivity contribution is 7.87. The molecule has 2 N–H and O–H groups in total. The number of amides is 1. The summed E-state index contributed by atoms with van der Waals surface area (Å²) in [4.78, 5) is 16.0. The molecule has 0 aromatic heterocycles. The maximum atomic E-state index is 13.8. The number of nitrogens with zero attached hydrogens (tertiary/aromatic N) is 2. The van der Waals surface area contributed by atoms with Gasteiger partial charge in [-0.3, -0.25) is 4.79 Å². The number of aryl methyl sites for hydroxylation is 1. The number of ether oxygens (including phenoxy) is 2. The van der Waals surface area contributed by atoms with Gasteiger partial charge in [-0.15, -0.1) is 0 Å². The van der Waals surface area contributed by atoms with Crippen LogP contribution in [0.4, 0.5) is 5.69 Å². The number of fused-ring (bicyclic) bond motifs is 4. The van der Waals surface area contributed by atoms with Crippen LogP contribution in [0.15, 0.2) is 48.6 Å². The number of rotatable bonds is 2. The molecule has 46 heavy (non-hydrogen) atoms. The molecule has 248 valence electrons. The maximum absolute atomic E-state index is 13.8. The van der Waals surface area contributed by atoms with Gasteiger partial charge in [-0.05, 0) is 112 Å². The van der Waals surface area contributed by atoms with Gasteiger partial charge in [-0.25, -0.2) is 4.72 Å². The normalized spacial score (nSPS) is 33.6. The highest BCUT2D eigenvalue weighted by atomic mass is 35.5. The molecule has 0 unspecified atom stereocenters. The number of benzene rings is 2. The number of halogens is 1. The molecule has 9 nitrogen and oxygen atoms in total. The number of nitrogens with one attached hydrogen (secondary N) is 1. The van der Waals surface area contributed by atoms with Crippen molar-refractivity contribution in [1.29, 1.82) is 0 Å². The van der Waals surface area contributed by atoms with Gasteiger partial charge in [-0.1, -0.05) is 29.8 Å². The van der Waals surface area contributed by atoms with Crippen LogP contribution >= 0.6 is 11.6 Å². The molecule has 1 saturated heterocycles. The summed E-state index contributed by atoms with van der Waals surface area (Å²) in [6.45, 7) is 4.45. The molecule has 1 spiro atoms. The van der Waals surface area contributed by atoms with Crippen molar-refractivity contribution in [2.24, 2.45) is 11.8 Å². The summed E-state index contributed by atoms with van der Waals surface area (Å²) >= 11 is 6.41. The van der Waals surface area contributed by atoms with Gasteiger partial charge in [0.15, 0.2) is 0 Å². The summed E-state index contributed by atoms with van der Waals surface area (Å²) in [6.07, 6.45) is 9.79. The summed E-state index contributed by atoms with van der Waals surface area (Å²) < 4.78 is 43.6. The predicted octanol–water partition coefficient (Wildman–Crippen LogP) is 5.00. The molecule has 6 atom stereocenters. The van der Waals surface area contributed by atoms with Gasteiger partial charge in [0, 0.05) is 48.3 Å². The van der Waals surface area contributed by atoms with Gasteiger partial charge in [-0.2, -0.15) is 12.7 Å². The van der Waals surface area contributed by atoms with Crippen LogP contribution in [0.5, 0.6) is 5.75 Å². The minimum Gasteiger partial charge on any atom is -0.490 e. The maximum Gasteiger partial charge on any atom is 0.304 e. The van der Waals surface area contributed by atoms with Crippen molar-refractivity contribution in [1.82, 2.24) is 9.03 Å². The second-order valence-electron chi connectivity index (χ2n) is 13.9. The molecule has 2 bridgehead atoms. The van der Waals surface area contributed by atoms with Gasteiger partial charge < -0.3 is 19.5 Å². The molecule has 1 amide bonds. The minimum absolute atomic E-state index is 0.0960. The van der Waals surface area contributed by atoms with Crippen LogP contribution in [0.25, 0.3) is 0 Å². The Bertz CT molecular complexity index is 1610. The monoisotopic (exact) mass is 669 g/mol. The van der Waals surface area contributed by atoms with Crippen molar-refractivity contribution in [3.05, 3.63) is 70.3 Å². The van der Waals surface area contributed by atoms with E-state index in [0.717, 1.165) is 55.7 Å². The van der Waals surface area contributed by atoms with Gasteiger partial charge in [0.2, 0.25) is 0 Å². The molecule has 2 aromatic carbocycles. The van der Waals surface area contributed by atoms with Crippen LogP contribution in [-0.4, -0.2) is 74.8 Å². The largest absolute Gasteiger partial charge is 0.490 e. The third-order valence-corrected chi connectivity index (χ3v) is 12.7. The third-order valence-electron chi connectivity index (χ3n) is 10.9. The number of aliphatic hydroxyl groups is 1. The van der Waals surface area contributed by atoms with Crippen molar-refractivity contribution in [2.75, 3.05) is 37.7 Å². The Balaban J connectivity index is 1.27. The SMILES string of the molecule is C[C@@H]1C/C=C/[C@H](O)[C@@H]2CC[C@H]2CN2C[C@@]3(CCCc4cc(Cl)ccc43)COc3ccc(cc32)C(=O)NS(=O)(=O)N1C[C@H]1CCCO1. The highest BCUT2D eigenvalue weighted by Crippen LogP contribution is 2.46. The molecular formula is C35H44ClN3O6S. The first-order valence-electron chi connectivity index (χ1n) is 16.7. The Hall–Kier alpha value is -2.63. The van der Waals surface area contributed by atoms with E-state index in [1.165, 1.54) is 15.4 Å². The van der Waals surface area contributed by atoms with E-state index in [4.69, 9.17) is 21.1 Å². The second kappa shape index (κ2) is 12.8. The van der Waals surface area contributed by atoms with Crippen molar-refractivity contribution in [3.8, 4) is 5.75 Å². The number of carbonyl (C=O) groups is 1. The van der Waals surface area contributed by atoms with Crippen molar-refractivity contribution < 1.29 is 27.8 Å². The van der Waals surface area contributed by atoms with E-state index in [1.54, 1.807) is 18.2 Å². The Labute approximate surface area is 277 Å². The van der Waals surface area contributed by atoms with Crippen LogP contribution in [0, 0.1) is 11.8 Å². The lowest BCUT2D eigenvalue weighted by Crippen LogP contribution is -2.50. The van der Waals surface area contributed by atoms with Crippen LogP contribution in [0.2, 0.25) is 5.02 Å². The van der Waals surface area contributed by atoms with E-state index in [1.807, 2.05) is 25.1 Å². The molecule has 2 fully saturated rings. The molecule has 2 aliphatic carbocycles. The fourth-order valence-electron chi connectivity index (χ4n) is 8.22. The quantitative estimate of drug-likeness (QED) is 0.433. The standard InChI is InChI=1S/C35H44ClN3O6S/c1-23-5-2-8-32(40)29-12-9-26(29)19-38-21-35(15-3-6-24-17-27(36)11-13-30(24)35)22-45-33-14-10-25(18-31(33)38)34(41)37-46(42,43)39(23)20-28-7-4-16-44-28/h2,8,10-11,13-14,17-18,23,26,28-29,32,40H,3-7,9,12,15-16,19-22H2,1H3,(H,37,41)/b8-2+/t23-,26+,28-,29-,32+,35+/m1/s1. The topological polar surface area (TPSA) is 108 Å². The van der Waals surface area contributed by atoms with Crippen LogP contribution in [-0.2, 0) is 26.8 Å². The summed E-state index contributed by atoms with van der Waals surface area (Å²) in [5.74, 6) is 0.348. The van der Waals surface area contributed by atoms with E-state index >= 15 is 0 Å².